The standard InChI is InChI=1S/C18H27NO3/c1-5-6-16-7-8-17(18(11-16)20-4)21-10-9-19-12-14(2)22-15(3)13-19/h5,7-8,11,14-15H,1,6,9-10,12-13H2,2-4H3/t14-,15-/m0/s1. The van der Waals surface area contributed by atoms with Gasteiger partial charge in [-0.05, 0) is 38.0 Å². The number of allylic oxidation sites excluding steroid dienone is 1. The summed E-state index contributed by atoms with van der Waals surface area (Å²) in [5.41, 5.74) is 1.18. The molecule has 0 unspecified atom stereocenters. The van der Waals surface area contributed by atoms with Gasteiger partial charge < -0.3 is 14.2 Å². The van der Waals surface area contributed by atoms with E-state index < -0.39 is 0 Å². The van der Waals surface area contributed by atoms with Crippen LogP contribution in [0.4, 0.5) is 0 Å². The molecule has 1 aromatic carbocycles. The molecule has 0 N–H and O–H groups in total. The molecule has 0 bridgehead atoms. The molecule has 0 saturated carbocycles. The molecule has 122 valence electrons. The van der Waals surface area contributed by atoms with E-state index in [1.807, 2.05) is 18.2 Å². The molecule has 0 aromatic heterocycles. The van der Waals surface area contributed by atoms with Gasteiger partial charge in [0, 0.05) is 19.6 Å². The highest BCUT2D eigenvalue weighted by atomic mass is 16.5. The Morgan fingerprint density at radius 1 is 1.27 bits per heavy atom. The number of ether oxygens (including phenoxy) is 3. The third-order valence-corrected chi connectivity index (χ3v) is 3.77. The average Bonchev–Trinajstić information content (AvgIpc) is 2.48. The first kappa shape index (κ1) is 16.8. The minimum atomic E-state index is 0.288. The van der Waals surface area contributed by atoms with Crippen molar-refractivity contribution in [3.63, 3.8) is 0 Å². The zero-order valence-electron chi connectivity index (χ0n) is 13.9. The summed E-state index contributed by atoms with van der Waals surface area (Å²) in [4.78, 5) is 2.39. The largest absolute Gasteiger partial charge is 0.493 e. The molecule has 4 nitrogen and oxygen atoms in total. The second-order valence-corrected chi connectivity index (χ2v) is 5.84. The van der Waals surface area contributed by atoms with Crippen LogP contribution in [0.1, 0.15) is 19.4 Å². The molecular weight excluding hydrogens is 278 g/mol. The van der Waals surface area contributed by atoms with Crippen LogP contribution >= 0.6 is 0 Å². The van der Waals surface area contributed by atoms with Gasteiger partial charge in [0.25, 0.3) is 0 Å². The summed E-state index contributed by atoms with van der Waals surface area (Å²) in [5.74, 6) is 1.58. The van der Waals surface area contributed by atoms with Gasteiger partial charge in [0.05, 0.1) is 19.3 Å². The SMILES string of the molecule is C=CCc1ccc(OCCN2C[C@H](C)O[C@@H](C)C2)c(OC)c1. The van der Waals surface area contributed by atoms with Gasteiger partial charge in [-0.1, -0.05) is 12.1 Å². The van der Waals surface area contributed by atoms with Gasteiger partial charge in [0.1, 0.15) is 6.61 Å². The van der Waals surface area contributed by atoms with Crippen LogP contribution in [0, 0.1) is 0 Å². The van der Waals surface area contributed by atoms with Crippen molar-refractivity contribution in [2.24, 2.45) is 0 Å². The van der Waals surface area contributed by atoms with Gasteiger partial charge in [-0.15, -0.1) is 6.58 Å². The van der Waals surface area contributed by atoms with Crippen LogP contribution in [0.3, 0.4) is 0 Å². The van der Waals surface area contributed by atoms with Crippen LogP contribution in [0.5, 0.6) is 11.5 Å². The smallest absolute Gasteiger partial charge is 0.161 e. The third kappa shape index (κ3) is 4.75. The first-order valence-corrected chi connectivity index (χ1v) is 7.90. The summed E-state index contributed by atoms with van der Waals surface area (Å²) in [6.07, 6.45) is 3.30. The highest BCUT2D eigenvalue weighted by Crippen LogP contribution is 2.28. The van der Waals surface area contributed by atoms with Crippen molar-refractivity contribution in [3.05, 3.63) is 36.4 Å². The van der Waals surface area contributed by atoms with Gasteiger partial charge in [-0.3, -0.25) is 4.90 Å². The Kier molecular flexibility index (Phi) is 6.28. The van der Waals surface area contributed by atoms with Gasteiger partial charge in [0.15, 0.2) is 11.5 Å². The van der Waals surface area contributed by atoms with Gasteiger partial charge in [-0.25, -0.2) is 0 Å². The Labute approximate surface area is 133 Å². The number of rotatable bonds is 7. The molecule has 1 saturated heterocycles. The summed E-state index contributed by atoms with van der Waals surface area (Å²) in [6, 6.07) is 6.04. The van der Waals surface area contributed by atoms with E-state index >= 15 is 0 Å². The van der Waals surface area contributed by atoms with Gasteiger partial charge >= 0.3 is 0 Å². The van der Waals surface area contributed by atoms with E-state index in [1.54, 1.807) is 7.11 Å². The molecule has 2 rings (SSSR count). The minimum Gasteiger partial charge on any atom is -0.493 e. The van der Waals surface area contributed by atoms with E-state index in [-0.39, 0.29) is 12.2 Å². The monoisotopic (exact) mass is 305 g/mol. The summed E-state index contributed by atoms with van der Waals surface area (Å²) in [6.45, 7) is 11.5. The predicted molar refractivity (Wildman–Crippen MR) is 88.8 cm³/mol. The first-order valence-electron chi connectivity index (χ1n) is 7.90. The van der Waals surface area contributed by atoms with Crippen molar-refractivity contribution in [1.29, 1.82) is 0 Å². The number of hydrogen-bond acceptors (Lipinski definition) is 4. The fourth-order valence-electron chi connectivity index (χ4n) is 2.88. The highest BCUT2D eigenvalue weighted by Gasteiger charge is 2.21. The summed E-state index contributed by atoms with van der Waals surface area (Å²) in [5, 5.41) is 0. The number of nitrogens with zero attached hydrogens (tertiary/aromatic N) is 1. The molecular formula is C18H27NO3. The van der Waals surface area contributed by atoms with E-state index in [0.717, 1.165) is 37.6 Å². The van der Waals surface area contributed by atoms with E-state index in [4.69, 9.17) is 14.2 Å². The van der Waals surface area contributed by atoms with E-state index in [0.29, 0.717) is 6.61 Å². The molecule has 4 heteroatoms. The quantitative estimate of drug-likeness (QED) is 0.725. The van der Waals surface area contributed by atoms with Crippen LogP contribution in [0.2, 0.25) is 0 Å². The molecule has 1 aliphatic heterocycles. The third-order valence-electron chi connectivity index (χ3n) is 3.77. The number of benzene rings is 1. The summed E-state index contributed by atoms with van der Waals surface area (Å²) in [7, 11) is 1.67. The Morgan fingerprint density at radius 3 is 2.64 bits per heavy atom. The van der Waals surface area contributed by atoms with Crippen molar-refractivity contribution < 1.29 is 14.2 Å². The average molecular weight is 305 g/mol. The molecule has 1 aromatic rings. The van der Waals surface area contributed by atoms with E-state index in [2.05, 4.69) is 31.4 Å². The van der Waals surface area contributed by atoms with Crippen LogP contribution in [-0.2, 0) is 11.2 Å². The fourth-order valence-corrected chi connectivity index (χ4v) is 2.88. The van der Waals surface area contributed by atoms with Crippen LogP contribution in [0.25, 0.3) is 0 Å². The molecule has 0 spiro atoms. The molecule has 0 aliphatic carbocycles. The molecule has 0 amide bonds. The topological polar surface area (TPSA) is 30.9 Å². The minimum absolute atomic E-state index is 0.288. The van der Waals surface area contributed by atoms with Crippen LogP contribution in [0.15, 0.2) is 30.9 Å². The second-order valence-electron chi connectivity index (χ2n) is 5.84. The van der Waals surface area contributed by atoms with Crippen molar-refractivity contribution in [1.82, 2.24) is 4.90 Å². The van der Waals surface area contributed by atoms with Crippen molar-refractivity contribution in [2.75, 3.05) is 33.4 Å². The van der Waals surface area contributed by atoms with Crippen LogP contribution < -0.4 is 9.47 Å². The van der Waals surface area contributed by atoms with E-state index in [1.165, 1.54) is 5.56 Å². The second kappa shape index (κ2) is 8.20. The molecule has 2 atom stereocenters. The summed E-state index contributed by atoms with van der Waals surface area (Å²) < 4.78 is 17.1. The lowest BCUT2D eigenvalue weighted by Gasteiger charge is -2.35. The maximum absolute atomic E-state index is 5.90. The van der Waals surface area contributed by atoms with Gasteiger partial charge in [0.2, 0.25) is 0 Å². The zero-order valence-corrected chi connectivity index (χ0v) is 13.9. The molecule has 0 radical (unpaired) electrons. The summed E-state index contributed by atoms with van der Waals surface area (Å²) >= 11 is 0. The molecule has 1 fully saturated rings. The van der Waals surface area contributed by atoms with Crippen molar-refractivity contribution in [3.8, 4) is 11.5 Å². The maximum atomic E-state index is 5.90. The lowest BCUT2D eigenvalue weighted by Crippen LogP contribution is -2.46. The Morgan fingerprint density at radius 2 is 2.00 bits per heavy atom. The van der Waals surface area contributed by atoms with Crippen molar-refractivity contribution in [2.45, 2.75) is 32.5 Å². The van der Waals surface area contributed by atoms with Gasteiger partial charge in [-0.2, -0.15) is 0 Å². The Hall–Kier alpha value is -1.52. The zero-order chi connectivity index (χ0) is 15.9. The van der Waals surface area contributed by atoms with Crippen molar-refractivity contribution >= 4 is 0 Å². The molecule has 1 heterocycles. The Balaban J connectivity index is 1.87. The normalized spacial score (nSPS) is 22.3. The Bertz CT molecular complexity index is 479. The molecule has 1 aliphatic rings. The van der Waals surface area contributed by atoms with E-state index in [9.17, 15) is 0 Å². The van der Waals surface area contributed by atoms with Crippen LogP contribution in [-0.4, -0.2) is 50.5 Å². The highest BCUT2D eigenvalue weighted by molar-refractivity contribution is 5.43. The lowest BCUT2D eigenvalue weighted by molar-refractivity contribution is -0.0699. The maximum Gasteiger partial charge on any atom is 0.161 e. The fraction of sp³-hybridized carbons (Fsp3) is 0.556. The lowest BCUT2D eigenvalue weighted by atomic mass is 10.1. The number of morpholine rings is 1. The molecule has 22 heavy (non-hydrogen) atoms. The number of methoxy groups -OCH3 is 1. The first-order chi connectivity index (χ1) is 10.6. The number of hydrogen-bond donors (Lipinski definition) is 0. The predicted octanol–water partition coefficient (Wildman–Crippen LogP) is 2.91.